The highest BCUT2D eigenvalue weighted by Gasteiger charge is 2.33. The average Bonchev–Trinajstić information content (AvgIpc) is 3.27. The minimum absolute atomic E-state index is 0.164. The molecule has 6 nitrogen and oxygen atoms in total. The second-order valence-corrected chi connectivity index (χ2v) is 6.24. The number of halogens is 1. The maximum atomic E-state index is 13.2. The molecule has 7 heteroatoms. The molecule has 1 aromatic rings. The van der Waals surface area contributed by atoms with Crippen molar-refractivity contribution in [1.82, 2.24) is 4.90 Å². The third-order valence-corrected chi connectivity index (χ3v) is 4.34. The molecule has 1 unspecified atom stereocenters. The number of hydrogen-bond acceptors (Lipinski definition) is 4. The maximum absolute atomic E-state index is 13.2. The van der Waals surface area contributed by atoms with Crippen molar-refractivity contribution in [2.45, 2.75) is 25.3 Å². The number of carbonyl (C=O) groups is 1. The number of ether oxygens (including phenoxy) is 1. The van der Waals surface area contributed by atoms with Crippen LogP contribution >= 0.6 is 0 Å². The Morgan fingerprint density at radius 1 is 1.42 bits per heavy atom. The fourth-order valence-corrected chi connectivity index (χ4v) is 2.88. The number of benzene rings is 1. The SMILES string of the molecule is O=C(C=Cc1ccc(F)cc1[N+](=O)[O-])N(CC1CCOC1)C1CC1. The van der Waals surface area contributed by atoms with Gasteiger partial charge in [-0.3, -0.25) is 14.9 Å². The van der Waals surface area contributed by atoms with Crippen LogP contribution < -0.4 is 0 Å². The molecule has 1 saturated heterocycles. The third kappa shape index (κ3) is 3.97. The lowest BCUT2D eigenvalue weighted by Crippen LogP contribution is -2.36. The molecule has 2 aliphatic rings. The summed E-state index contributed by atoms with van der Waals surface area (Å²) in [6.45, 7) is 2.05. The molecule has 1 aliphatic carbocycles. The molecule has 0 N–H and O–H groups in total. The number of amides is 1. The topological polar surface area (TPSA) is 72.7 Å². The second-order valence-electron chi connectivity index (χ2n) is 6.24. The molecule has 1 aromatic carbocycles. The molecule has 0 aromatic heterocycles. The third-order valence-electron chi connectivity index (χ3n) is 4.34. The van der Waals surface area contributed by atoms with Gasteiger partial charge in [0, 0.05) is 31.2 Å². The molecule has 1 heterocycles. The summed E-state index contributed by atoms with van der Waals surface area (Å²) in [4.78, 5) is 24.7. The van der Waals surface area contributed by atoms with Gasteiger partial charge in [-0.15, -0.1) is 0 Å². The van der Waals surface area contributed by atoms with Gasteiger partial charge in [-0.1, -0.05) is 0 Å². The van der Waals surface area contributed by atoms with Gasteiger partial charge >= 0.3 is 0 Å². The summed E-state index contributed by atoms with van der Waals surface area (Å²) in [5, 5.41) is 11.0. The van der Waals surface area contributed by atoms with Gasteiger partial charge < -0.3 is 9.64 Å². The Balaban J connectivity index is 1.72. The smallest absolute Gasteiger partial charge is 0.279 e. The van der Waals surface area contributed by atoms with E-state index >= 15 is 0 Å². The fourth-order valence-electron chi connectivity index (χ4n) is 2.88. The Bertz CT molecular complexity index is 667. The fraction of sp³-hybridized carbons (Fsp3) is 0.471. The van der Waals surface area contributed by atoms with Crippen LogP contribution in [0.5, 0.6) is 0 Å². The number of nitrogens with zero attached hydrogens (tertiary/aromatic N) is 2. The Morgan fingerprint density at radius 2 is 2.21 bits per heavy atom. The molecule has 1 saturated carbocycles. The maximum Gasteiger partial charge on any atom is 0.279 e. The van der Waals surface area contributed by atoms with Crippen molar-refractivity contribution in [3.05, 3.63) is 45.8 Å². The molecule has 2 fully saturated rings. The first kappa shape index (κ1) is 16.6. The summed E-state index contributed by atoms with van der Waals surface area (Å²) in [7, 11) is 0. The zero-order valence-electron chi connectivity index (χ0n) is 13.2. The molecular weight excluding hydrogens is 315 g/mol. The first-order chi connectivity index (χ1) is 11.5. The largest absolute Gasteiger partial charge is 0.381 e. The number of hydrogen-bond donors (Lipinski definition) is 0. The van der Waals surface area contributed by atoms with Crippen LogP contribution in [-0.4, -0.2) is 41.5 Å². The lowest BCUT2D eigenvalue weighted by molar-refractivity contribution is -0.385. The summed E-state index contributed by atoms with van der Waals surface area (Å²) in [6, 6.07) is 3.57. The predicted molar refractivity (Wildman–Crippen MR) is 85.7 cm³/mol. The second kappa shape index (κ2) is 7.09. The Kier molecular flexibility index (Phi) is 4.89. The zero-order chi connectivity index (χ0) is 17.1. The van der Waals surface area contributed by atoms with Gasteiger partial charge in [0.05, 0.1) is 23.2 Å². The van der Waals surface area contributed by atoms with E-state index in [1.54, 1.807) is 0 Å². The van der Waals surface area contributed by atoms with Gasteiger partial charge in [-0.25, -0.2) is 4.39 Å². The molecule has 1 atom stereocenters. The first-order valence-corrected chi connectivity index (χ1v) is 8.05. The van der Waals surface area contributed by atoms with Crippen molar-refractivity contribution in [1.29, 1.82) is 0 Å². The van der Waals surface area contributed by atoms with Crippen LogP contribution in [0.2, 0.25) is 0 Å². The minimum atomic E-state index is -0.675. The average molecular weight is 334 g/mol. The molecule has 128 valence electrons. The highest BCUT2D eigenvalue weighted by atomic mass is 19.1. The normalized spacial score (nSPS) is 20.5. The van der Waals surface area contributed by atoms with Crippen LogP contribution in [0.25, 0.3) is 6.08 Å². The van der Waals surface area contributed by atoms with Gasteiger partial charge in [0.1, 0.15) is 5.82 Å². The summed E-state index contributed by atoms with van der Waals surface area (Å²) >= 11 is 0. The molecule has 0 radical (unpaired) electrons. The summed E-state index contributed by atoms with van der Waals surface area (Å²) < 4.78 is 18.5. The molecule has 1 amide bonds. The number of nitro benzene ring substituents is 1. The van der Waals surface area contributed by atoms with Crippen LogP contribution in [0.4, 0.5) is 10.1 Å². The van der Waals surface area contributed by atoms with Gasteiger partial charge in [-0.2, -0.15) is 0 Å². The van der Waals surface area contributed by atoms with Gasteiger partial charge in [0.15, 0.2) is 0 Å². The monoisotopic (exact) mass is 334 g/mol. The molecule has 1 aliphatic heterocycles. The van der Waals surface area contributed by atoms with Crippen molar-refractivity contribution in [3.63, 3.8) is 0 Å². The van der Waals surface area contributed by atoms with E-state index in [0.717, 1.165) is 38.0 Å². The van der Waals surface area contributed by atoms with Crippen LogP contribution in [0.15, 0.2) is 24.3 Å². The number of rotatable bonds is 6. The van der Waals surface area contributed by atoms with Crippen LogP contribution in [-0.2, 0) is 9.53 Å². The standard InChI is InChI=1S/C17H19FN2O4/c18-14-3-1-13(16(9-14)20(22)23)2-6-17(21)19(15-4-5-15)10-12-7-8-24-11-12/h1-3,6,9,12,15H,4-5,7-8,10-11H2. The van der Waals surface area contributed by atoms with Crippen LogP contribution in [0.1, 0.15) is 24.8 Å². The van der Waals surface area contributed by atoms with Gasteiger partial charge in [-0.05, 0) is 37.5 Å². The van der Waals surface area contributed by atoms with Crippen molar-refractivity contribution >= 4 is 17.7 Å². The molecular formula is C17H19FN2O4. The Hall–Kier alpha value is -2.28. The molecule has 3 rings (SSSR count). The van der Waals surface area contributed by atoms with E-state index in [2.05, 4.69) is 0 Å². The number of nitro groups is 1. The molecule has 24 heavy (non-hydrogen) atoms. The van der Waals surface area contributed by atoms with E-state index < -0.39 is 10.7 Å². The highest BCUT2D eigenvalue weighted by Crippen LogP contribution is 2.29. The van der Waals surface area contributed by atoms with E-state index in [0.29, 0.717) is 19.1 Å². The Labute approximate surface area is 139 Å². The quantitative estimate of drug-likeness (QED) is 0.455. The van der Waals surface area contributed by atoms with Gasteiger partial charge in [0.25, 0.3) is 5.69 Å². The summed E-state index contributed by atoms with van der Waals surface area (Å²) in [6.07, 6.45) is 5.66. The van der Waals surface area contributed by atoms with E-state index in [1.807, 2.05) is 4.90 Å². The minimum Gasteiger partial charge on any atom is -0.381 e. The first-order valence-electron chi connectivity index (χ1n) is 8.05. The summed E-state index contributed by atoms with van der Waals surface area (Å²) in [5.41, 5.74) is -0.129. The lowest BCUT2D eigenvalue weighted by atomic mass is 10.1. The summed E-state index contributed by atoms with van der Waals surface area (Å²) in [5.74, 6) is -0.489. The van der Waals surface area contributed by atoms with Crippen molar-refractivity contribution in [2.75, 3.05) is 19.8 Å². The number of carbonyl (C=O) groups excluding carboxylic acids is 1. The van der Waals surface area contributed by atoms with E-state index in [4.69, 9.17) is 4.74 Å². The Morgan fingerprint density at radius 3 is 2.83 bits per heavy atom. The van der Waals surface area contributed by atoms with E-state index in [1.165, 1.54) is 18.2 Å². The van der Waals surface area contributed by atoms with Crippen molar-refractivity contribution < 1.29 is 18.8 Å². The lowest BCUT2D eigenvalue weighted by Gasteiger charge is -2.23. The van der Waals surface area contributed by atoms with Crippen LogP contribution in [0, 0.1) is 21.8 Å². The van der Waals surface area contributed by atoms with Crippen molar-refractivity contribution in [2.24, 2.45) is 5.92 Å². The highest BCUT2D eigenvalue weighted by molar-refractivity contribution is 5.92. The van der Waals surface area contributed by atoms with Crippen LogP contribution in [0.3, 0.4) is 0 Å². The zero-order valence-corrected chi connectivity index (χ0v) is 13.2. The van der Waals surface area contributed by atoms with E-state index in [-0.39, 0.29) is 23.2 Å². The van der Waals surface area contributed by atoms with Gasteiger partial charge in [0.2, 0.25) is 5.91 Å². The predicted octanol–water partition coefficient (Wildman–Crippen LogP) is 2.77. The van der Waals surface area contributed by atoms with Crippen molar-refractivity contribution in [3.8, 4) is 0 Å². The molecule has 0 bridgehead atoms. The molecule has 0 spiro atoms. The van der Waals surface area contributed by atoms with E-state index in [9.17, 15) is 19.3 Å².